The predicted octanol–water partition coefficient (Wildman–Crippen LogP) is 3.27. The Kier molecular flexibility index (Phi) is 4.72. The number of carbonyl (C=O) groups excluding carboxylic acids is 1. The van der Waals surface area contributed by atoms with Gasteiger partial charge in [-0.3, -0.25) is 4.79 Å². The van der Waals surface area contributed by atoms with Crippen molar-refractivity contribution in [2.24, 2.45) is 16.9 Å². The van der Waals surface area contributed by atoms with Crippen molar-refractivity contribution in [2.75, 3.05) is 0 Å². The van der Waals surface area contributed by atoms with Crippen LogP contribution in [0.15, 0.2) is 29.4 Å². The number of benzene rings is 1. The number of amides is 1. The second kappa shape index (κ2) is 6.50. The van der Waals surface area contributed by atoms with E-state index in [4.69, 9.17) is 0 Å². The summed E-state index contributed by atoms with van der Waals surface area (Å²) in [5.41, 5.74) is 5.81. The van der Waals surface area contributed by atoms with Crippen LogP contribution in [-0.4, -0.2) is 12.1 Å². The minimum atomic E-state index is 0.374. The SMILES string of the molecule is Cc1ccccc1/C(=N\NC=O)[C@@H](C)CC1CCC1. The number of nitrogens with zero attached hydrogens (tertiary/aromatic N) is 1. The lowest BCUT2D eigenvalue weighted by Gasteiger charge is -2.29. The van der Waals surface area contributed by atoms with Crippen LogP contribution in [0.5, 0.6) is 0 Å². The molecule has 1 saturated carbocycles. The van der Waals surface area contributed by atoms with E-state index in [0.717, 1.165) is 23.6 Å². The highest BCUT2D eigenvalue weighted by Crippen LogP contribution is 2.33. The summed E-state index contributed by atoms with van der Waals surface area (Å²) in [7, 11) is 0. The van der Waals surface area contributed by atoms with Crippen molar-refractivity contribution < 1.29 is 4.79 Å². The van der Waals surface area contributed by atoms with Crippen molar-refractivity contribution in [3.63, 3.8) is 0 Å². The molecular weight excluding hydrogens is 236 g/mol. The van der Waals surface area contributed by atoms with Gasteiger partial charge < -0.3 is 0 Å². The fourth-order valence-electron chi connectivity index (χ4n) is 2.73. The van der Waals surface area contributed by atoms with Crippen molar-refractivity contribution in [1.29, 1.82) is 0 Å². The fourth-order valence-corrected chi connectivity index (χ4v) is 2.73. The predicted molar refractivity (Wildman–Crippen MR) is 78.0 cm³/mol. The molecule has 19 heavy (non-hydrogen) atoms. The van der Waals surface area contributed by atoms with Gasteiger partial charge in [0.05, 0.1) is 5.71 Å². The summed E-state index contributed by atoms with van der Waals surface area (Å²) in [6.07, 6.45) is 5.84. The summed E-state index contributed by atoms with van der Waals surface area (Å²) in [6.45, 7) is 4.29. The highest BCUT2D eigenvalue weighted by molar-refractivity contribution is 6.03. The van der Waals surface area contributed by atoms with Crippen LogP contribution in [0, 0.1) is 18.8 Å². The maximum Gasteiger partial charge on any atom is 0.227 e. The van der Waals surface area contributed by atoms with Gasteiger partial charge in [-0.05, 0) is 24.8 Å². The van der Waals surface area contributed by atoms with Crippen molar-refractivity contribution in [2.45, 2.75) is 39.5 Å². The standard InChI is InChI=1S/C16H22N2O/c1-12-6-3-4-9-15(12)16(18-17-11-19)13(2)10-14-7-5-8-14/h3-4,6,9,11,13-14H,5,7-8,10H2,1-2H3,(H,17,19)/b18-16-/t13-/m0/s1. The largest absolute Gasteiger partial charge is 0.277 e. The Bertz CT molecular complexity index is 464. The molecule has 0 aliphatic heterocycles. The van der Waals surface area contributed by atoms with E-state index < -0.39 is 0 Å². The van der Waals surface area contributed by atoms with E-state index in [2.05, 4.69) is 36.5 Å². The quantitative estimate of drug-likeness (QED) is 0.475. The third-order valence-electron chi connectivity index (χ3n) is 4.04. The molecule has 1 aromatic rings. The zero-order chi connectivity index (χ0) is 13.7. The average molecular weight is 258 g/mol. The van der Waals surface area contributed by atoms with Crippen LogP contribution in [0.2, 0.25) is 0 Å². The van der Waals surface area contributed by atoms with E-state index in [1.807, 2.05) is 12.1 Å². The van der Waals surface area contributed by atoms with Gasteiger partial charge in [0.2, 0.25) is 6.41 Å². The Labute approximate surface area is 115 Å². The van der Waals surface area contributed by atoms with Crippen LogP contribution >= 0.6 is 0 Å². The summed E-state index contributed by atoms with van der Waals surface area (Å²) in [6, 6.07) is 8.22. The second-order valence-electron chi connectivity index (χ2n) is 5.49. The highest BCUT2D eigenvalue weighted by Gasteiger charge is 2.23. The fraction of sp³-hybridized carbons (Fsp3) is 0.500. The molecule has 0 saturated heterocycles. The zero-order valence-electron chi connectivity index (χ0n) is 11.7. The summed E-state index contributed by atoms with van der Waals surface area (Å²) in [5, 5.41) is 4.28. The molecule has 102 valence electrons. The number of aryl methyl sites for hydroxylation is 1. The molecule has 0 heterocycles. The third-order valence-corrected chi connectivity index (χ3v) is 4.04. The molecule has 1 aromatic carbocycles. The minimum absolute atomic E-state index is 0.374. The van der Waals surface area contributed by atoms with E-state index in [0.29, 0.717) is 12.3 Å². The molecule has 0 radical (unpaired) electrons. The molecule has 3 heteroatoms. The van der Waals surface area contributed by atoms with Crippen LogP contribution in [0.4, 0.5) is 0 Å². The van der Waals surface area contributed by atoms with Crippen molar-refractivity contribution in [1.82, 2.24) is 5.43 Å². The lowest BCUT2D eigenvalue weighted by Crippen LogP contribution is -2.23. The Hall–Kier alpha value is -1.64. The maximum absolute atomic E-state index is 10.5. The Morgan fingerprint density at radius 1 is 1.47 bits per heavy atom. The summed E-state index contributed by atoms with van der Waals surface area (Å²) >= 11 is 0. The van der Waals surface area contributed by atoms with Gasteiger partial charge in [0.25, 0.3) is 0 Å². The van der Waals surface area contributed by atoms with E-state index in [1.165, 1.54) is 24.8 Å². The maximum atomic E-state index is 10.5. The summed E-state index contributed by atoms with van der Waals surface area (Å²) in [4.78, 5) is 10.5. The molecule has 0 spiro atoms. The van der Waals surface area contributed by atoms with E-state index in [-0.39, 0.29) is 0 Å². The van der Waals surface area contributed by atoms with Gasteiger partial charge in [0.1, 0.15) is 0 Å². The molecule has 0 bridgehead atoms. The van der Waals surface area contributed by atoms with Crippen LogP contribution in [0.25, 0.3) is 0 Å². The topological polar surface area (TPSA) is 41.5 Å². The van der Waals surface area contributed by atoms with Crippen LogP contribution < -0.4 is 5.43 Å². The van der Waals surface area contributed by atoms with Gasteiger partial charge >= 0.3 is 0 Å². The molecular formula is C16H22N2O. The first-order valence-corrected chi connectivity index (χ1v) is 7.05. The highest BCUT2D eigenvalue weighted by atomic mass is 16.1. The summed E-state index contributed by atoms with van der Waals surface area (Å²) in [5.74, 6) is 1.21. The lowest BCUT2D eigenvalue weighted by atomic mass is 9.77. The van der Waals surface area contributed by atoms with Crippen LogP contribution in [-0.2, 0) is 4.79 Å². The van der Waals surface area contributed by atoms with Gasteiger partial charge in [-0.2, -0.15) is 5.10 Å². The number of rotatable bonds is 6. The molecule has 0 aromatic heterocycles. The molecule has 2 rings (SSSR count). The number of carbonyl (C=O) groups is 1. The Morgan fingerprint density at radius 2 is 2.21 bits per heavy atom. The molecule has 3 nitrogen and oxygen atoms in total. The second-order valence-corrected chi connectivity index (χ2v) is 5.49. The Morgan fingerprint density at radius 3 is 2.79 bits per heavy atom. The van der Waals surface area contributed by atoms with E-state index >= 15 is 0 Å². The van der Waals surface area contributed by atoms with Gasteiger partial charge in [0, 0.05) is 11.5 Å². The van der Waals surface area contributed by atoms with Crippen molar-refractivity contribution in [3.05, 3.63) is 35.4 Å². The lowest BCUT2D eigenvalue weighted by molar-refractivity contribution is -0.109. The average Bonchev–Trinajstić information content (AvgIpc) is 2.36. The van der Waals surface area contributed by atoms with Gasteiger partial charge in [-0.15, -0.1) is 0 Å². The molecule has 1 atom stereocenters. The van der Waals surface area contributed by atoms with E-state index in [1.54, 1.807) is 0 Å². The van der Waals surface area contributed by atoms with Gasteiger partial charge in [-0.1, -0.05) is 50.5 Å². The summed E-state index contributed by atoms with van der Waals surface area (Å²) < 4.78 is 0. The minimum Gasteiger partial charge on any atom is -0.277 e. The monoisotopic (exact) mass is 258 g/mol. The van der Waals surface area contributed by atoms with Crippen LogP contribution in [0.1, 0.15) is 43.7 Å². The van der Waals surface area contributed by atoms with Crippen molar-refractivity contribution in [3.8, 4) is 0 Å². The molecule has 0 unspecified atom stereocenters. The first-order valence-electron chi connectivity index (χ1n) is 7.05. The zero-order valence-corrected chi connectivity index (χ0v) is 11.7. The molecule has 1 fully saturated rings. The molecule has 1 amide bonds. The smallest absolute Gasteiger partial charge is 0.227 e. The number of hydrogen-bond donors (Lipinski definition) is 1. The van der Waals surface area contributed by atoms with Gasteiger partial charge in [-0.25, -0.2) is 5.43 Å². The van der Waals surface area contributed by atoms with Gasteiger partial charge in [0.15, 0.2) is 0 Å². The number of hydrazone groups is 1. The Balaban J connectivity index is 2.19. The molecule has 1 N–H and O–H groups in total. The van der Waals surface area contributed by atoms with E-state index in [9.17, 15) is 4.79 Å². The normalized spacial score (nSPS) is 17.7. The van der Waals surface area contributed by atoms with Crippen molar-refractivity contribution >= 4 is 12.1 Å². The molecule has 1 aliphatic carbocycles. The number of hydrogen-bond acceptors (Lipinski definition) is 2. The first-order chi connectivity index (χ1) is 9.22. The third kappa shape index (κ3) is 3.43. The number of nitrogens with one attached hydrogen (secondary N) is 1. The first kappa shape index (κ1) is 13.8. The molecule has 1 aliphatic rings. The van der Waals surface area contributed by atoms with Crippen LogP contribution in [0.3, 0.4) is 0 Å².